The molecule has 0 atom stereocenters. The highest BCUT2D eigenvalue weighted by Crippen LogP contribution is 2.32. The molecular weight excluding hydrogens is 320 g/mol. The summed E-state index contributed by atoms with van der Waals surface area (Å²) in [5.74, 6) is 1.61. The van der Waals surface area contributed by atoms with Crippen molar-refractivity contribution in [3.05, 3.63) is 45.8 Å². The molecule has 0 saturated carbocycles. The summed E-state index contributed by atoms with van der Waals surface area (Å²) in [6.07, 6.45) is 3.27. The van der Waals surface area contributed by atoms with Gasteiger partial charge in [-0.1, -0.05) is 31.9 Å². The van der Waals surface area contributed by atoms with Crippen molar-refractivity contribution in [1.82, 2.24) is 9.55 Å². The van der Waals surface area contributed by atoms with Gasteiger partial charge in [-0.25, -0.2) is 4.98 Å². The molecule has 2 aromatic heterocycles. The number of unbranched alkanes of at least 4 members (excludes halogenated alkanes) is 2. The minimum Gasteiger partial charge on any atom is -0.497 e. The van der Waals surface area contributed by atoms with Gasteiger partial charge < -0.3 is 4.74 Å². The summed E-state index contributed by atoms with van der Waals surface area (Å²) in [5.41, 5.74) is 2.05. The summed E-state index contributed by atoms with van der Waals surface area (Å²) in [7, 11) is 1.65. The minimum atomic E-state index is 0.0701. The van der Waals surface area contributed by atoms with E-state index in [2.05, 4.69) is 11.9 Å². The summed E-state index contributed by atoms with van der Waals surface area (Å²) < 4.78 is 7.03. The smallest absolute Gasteiger partial charge is 0.262 e. The third-order valence-electron chi connectivity index (χ3n) is 4.27. The van der Waals surface area contributed by atoms with Crippen molar-refractivity contribution in [1.29, 1.82) is 0 Å². The maximum atomic E-state index is 13.0. The van der Waals surface area contributed by atoms with E-state index < -0.39 is 0 Å². The molecule has 1 aromatic carbocycles. The molecule has 0 saturated heterocycles. The van der Waals surface area contributed by atoms with Gasteiger partial charge in [-0.3, -0.25) is 9.36 Å². The molecule has 0 spiro atoms. The molecule has 0 aliphatic rings. The Morgan fingerprint density at radius 2 is 1.96 bits per heavy atom. The lowest BCUT2D eigenvalue weighted by atomic mass is 10.1. The van der Waals surface area contributed by atoms with Crippen LogP contribution < -0.4 is 10.3 Å². The molecule has 126 valence electrons. The van der Waals surface area contributed by atoms with Gasteiger partial charge in [0, 0.05) is 17.5 Å². The van der Waals surface area contributed by atoms with E-state index in [0.717, 1.165) is 58.7 Å². The zero-order valence-electron chi connectivity index (χ0n) is 14.3. The van der Waals surface area contributed by atoms with Crippen molar-refractivity contribution in [2.45, 2.75) is 39.7 Å². The second kappa shape index (κ2) is 7.18. The average molecular weight is 342 g/mol. The Kier molecular flexibility index (Phi) is 5.00. The van der Waals surface area contributed by atoms with E-state index in [1.54, 1.807) is 7.11 Å². The zero-order valence-corrected chi connectivity index (χ0v) is 15.2. The predicted octanol–water partition coefficient (Wildman–Crippen LogP) is 4.63. The molecule has 2 heterocycles. The molecule has 0 aliphatic carbocycles. The number of methoxy groups -OCH3 is 1. The van der Waals surface area contributed by atoms with Crippen LogP contribution in [0, 0.1) is 6.92 Å². The second-order valence-corrected chi connectivity index (χ2v) is 6.74. The Hall–Kier alpha value is -2.14. The van der Waals surface area contributed by atoms with Crippen molar-refractivity contribution >= 4 is 21.6 Å². The van der Waals surface area contributed by atoms with Crippen molar-refractivity contribution in [3.63, 3.8) is 0 Å². The number of hydrogen-bond donors (Lipinski definition) is 0. The van der Waals surface area contributed by atoms with Crippen LogP contribution in [-0.2, 0) is 6.54 Å². The molecule has 0 radical (unpaired) electrons. The van der Waals surface area contributed by atoms with Crippen LogP contribution in [0.2, 0.25) is 0 Å². The van der Waals surface area contributed by atoms with E-state index in [9.17, 15) is 4.79 Å². The number of hydrogen-bond acceptors (Lipinski definition) is 4. The normalized spacial score (nSPS) is 11.1. The first-order valence-electron chi connectivity index (χ1n) is 8.28. The molecule has 24 heavy (non-hydrogen) atoms. The van der Waals surface area contributed by atoms with E-state index in [-0.39, 0.29) is 5.56 Å². The summed E-state index contributed by atoms with van der Waals surface area (Å²) in [6, 6.07) is 7.81. The van der Waals surface area contributed by atoms with Crippen molar-refractivity contribution in [3.8, 4) is 16.9 Å². The van der Waals surface area contributed by atoms with Gasteiger partial charge in [0.2, 0.25) is 0 Å². The van der Waals surface area contributed by atoms with Gasteiger partial charge in [0.15, 0.2) is 0 Å². The number of rotatable bonds is 6. The average Bonchev–Trinajstić information content (AvgIpc) is 3.02. The molecule has 0 unspecified atom stereocenters. The Balaban J connectivity index is 2.09. The van der Waals surface area contributed by atoms with Gasteiger partial charge in [0.1, 0.15) is 16.4 Å². The van der Waals surface area contributed by atoms with Crippen LogP contribution in [0.4, 0.5) is 0 Å². The highest BCUT2D eigenvalue weighted by molar-refractivity contribution is 7.17. The first kappa shape index (κ1) is 16.7. The number of aryl methyl sites for hydroxylation is 1. The molecule has 0 fully saturated rings. The lowest BCUT2D eigenvalue weighted by molar-refractivity contribution is 0.415. The van der Waals surface area contributed by atoms with Crippen LogP contribution >= 0.6 is 11.3 Å². The highest BCUT2D eigenvalue weighted by Gasteiger charge is 2.15. The first-order valence-corrected chi connectivity index (χ1v) is 9.16. The van der Waals surface area contributed by atoms with Crippen LogP contribution in [0.25, 0.3) is 21.3 Å². The van der Waals surface area contributed by atoms with Crippen LogP contribution in [-0.4, -0.2) is 16.7 Å². The second-order valence-electron chi connectivity index (χ2n) is 5.88. The van der Waals surface area contributed by atoms with Gasteiger partial charge in [-0.2, -0.15) is 0 Å². The molecule has 3 rings (SSSR count). The van der Waals surface area contributed by atoms with Crippen molar-refractivity contribution in [2.75, 3.05) is 7.11 Å². The maximum absolute atomic E-state index is 13.0. The number of thiophene rings is 1. The lowest BCUT2D eigenvalue weighted by Gasteiger charge is -2.10. The summed E-state index contributed by atoms with van der Waals surface area (Å²) >= 11 is 1.53. The summed E-state index contributed by atoms with van der Waals surface area (Å²) in [5, 5.41) is 2.75. The number of nitrogens with zero attached hydrogens (tertiary/aromatic N) is 2. The topological polar surface area (TPSA) is 44.1 Å². The van der Waals surface area contributed by atoms with Gasteiger partial charge >= 0.3 is 0 Å². The third kappa shape index (κ3) is 3.08. The van der Waals surface area contributed by atoms with Gasteiger partial charge in [0.05, 0.1) is 12.5 Å². The van der Waals surface area contributed by atoms with Crippen LogP contribution in [0.5, 0.6) is 5.75 Å². The molecule has 0 amide bonds. The summed E-state index contributed by atoms with van der Waals surface area (Å²) in [6.45, 7) is 4.82. The maximum Gasteiger partial charge on any atom is 0.262 e. The molecule has 0 aliphatic heterocycles. The molecule has 0 N–H and O–H groups in total. The van der Waals surface area contributed by atoms with E-state index in [4.69, 9.17) is 4.74 Å². The van der Waals surface area contributed by atoms with E-state index in [0.29, 0.717) is 0 Å². The standard InChI is InChI=1S/C19H22N2O2S/c1-4-5-6-11-21-13(2)20-18-17(19(21)22)16(12-24-18)14-7-9-15(23-3)10-8-14/h7-10,12H,4-6,11H2,1-3H3. The van der Waals surface area contributed by atoms with Crippen LogP contribution in [0.15, 0.2) is 34.4 Å². The fourth-order valence-electron chi connectivity index (χ4n) is 2.89. The van der Waals surface area contributed by atoms with Gasteiger partial charge in [-0.05, 0) is 31.0 Å². The fraction of sp³-hybridized carbons (Fsp3) is 0.368. The lowest BCUT2D eigenvalue weighted by Crippen LogP contribution is -2.23. The molecule has 5 heteroatoms. The van der Waals surface area contributed by atoms with Gasteiger partial charge in [-0.15, -0.1) is 11.3 Å². The van der Waals surface area contributed by atoms with Crippen molar-refractivity contribution in [2.24, 2.45) is 0 Å². The van der Waals surface area contributed by atoms with Crippen molar-refractivity contribution < 1.29 is 4.74 Å². The SMILES string of the molecule is CCCCCn1c(C)nc2scc(-c3ccc(OC)cc3)c2c1=O. The Morgan fingerprint density at radius 3 is 2.62 bits per heavy atom. The number of ether oxygens (including phenoxy) is 1. The van der Waals surface area contributed by atoms with E-state index >= 15 is 0 Å². The van der Waals surface area contributed by atoms with Crippen LogP contribution in [0.1, 0.15) is 32.0 Å². The predicted molar refractivity (Wildman–Crippen MR) is 100 cm³/mol. The zero-order chi connectivity index (χ0) is 17.1. The number of aromatic nitrogens is 2. The quantitative estimate of drug-likeness (QED) is 0.613. The third-order valence-corrected chi connectivity index (χ3v) is 5.14. The molecule has 3 aromatic rings. The molecular formula is C19H22N2O2S. The first-order chi connectivity index (χ1) is 11.7. The Morgan fingerprint density at radius 1 is 1.21 bits per heavy atom. The fourth-order valence-corrected chi connectivity index (χ4v) is 3.88. The van der Waals surface area contributed by atoms with Crippen LogP contribution in [0.3, 0.4) is 0 Å². The Bertz CT molecular complexity index is 894. The Labute approximate surface area is 145 Å². The monoisotopic (exact) mass is 342 g/mol. The van der Waals surface area contributed by atoms with E-state index in [1.807, 2.05) is 41.1 Å². The molecule has 0 bridgehead atoms. The van der Waals surface area contributed by atoms with E-state index in [1.165, 1.54) is 11.3 Å². The highest BCUT2D eigenvalue weighted by atomic mass is 32.1. The molecule has 4 nitrogen and oxygen atoms in total. The van der Waals surface area contributed by atoms with Gasteiger partial charge in [0.25, 0.3) is 5.56 Å². The summed E-state index contributed by atoms with van der Waals surface area (Å²) in [4.78, 5) is 18.5. The number of benzene rings is 1. The number of fused-ring (bicyclic) bond motifs is 1. The largest absolute Gasteiger partial charge is 0.497 e. The minimum absolute atomic E-state index is 0.0701.